The Bertz CT molecular complexity index is 134. The summed E-state index contributed by atoms with van der Waals surface area (Å²) in [6, 6.07) is 0.356. The number of β-lactam (4-membered cyclic amide) rings is 1. The van der Waals surface area contributed by atoms with Crippen molar-refractivity contribution in [2.45, 2.75) is 19.4 Å². The monoisotopic (exact) mass is 125 g/mol. The van der Waals surface area contributed by atoms with Gasteiger partial charge in [0.05, 0.1) is 0 Å². The minimum absolute atomic E-state index is 0.161. The van der Waals surface area contributed by atoms with Crippen LogP contribution in [0.25, 0.3) is 0 Å². The van der Waals surface area contributed by atoms with E-state index >= 15 is 0 Å². The van der Waals surface area contributed by atoms with E-state index < -0.39 is 0 Å². The van der Waals surface area contributed by atoms with E-state index in [1.807, 2.05) is 6.08 Å². The minimum atomic E-state index is 0.161. The van der Waals surface area contributed by atoms with Gasteiger partial charge in [0, 0.05) is 12.5 Å². The molecule has 1 saturated heterocycles. The molecule has 2 atom stereocenters. The molecule has 0 spiro atoms. The SMILES string of the molecule is C=C[C@@H](C)[C@@H]1CC(=O)N1. The van der Waals surface area contributed by atoms with Gasteiger partial charge in [-0.3, -0.25) is 4.79 Å². The third-order valence-corrected chi connectivity index (χ3v) is 1.76. The van der Waals surface area contributed by atoms with Crippen LogP contribution in [0.1, 0.15) is 13.3 Å². The van der Waals surface area contributed by atoms with Crippen molar-refractivity contribution < 1.29 is 4.79 Å². The van der Waals surface area contributed by atoms with Crippen LogP contribution in [0, 0.1) is 5.92 Å². The Balaban J connectivity index is 2.30. The first-order chi connectivity index (χ1) is 4.24. The topological polar surface area (TPSA) is 29.1 Å². The van der Waals surface area contributed by atoms with E-state index in [9.17, 15) is 4.79 Å². The largest absolute Gasteiger partial charge is 0.352 e. The molecule has 0 radical (unpaired) electrons. The molecule has 1 aliphatic heterocycles. The lowest BCUT2D eigenvalue weighted by atomic mass is 9.93. The summed E-state index contributed by atoms with van der Waals surface area (Å²) in [5.74, 6) is 0.580. The highest BCUT2D eigenvalue weighted by Crippen LogP contribution is 2.14. The first-order valence-corrected chi connectivity index (χ1v) is 3.16. The van der Waals surface area contributed by atoms with Gasteiger partial charge in [-0.05, 0) is 5.92 Å². The van der Waals surface area contributed by atoms with Crippen molar-refractivity contribution in [1.29, 1.82) is 0 Å². The summed E-state index contributed by atoms with van der Waals surface area (Å²) in [6.07, 6.45) is 2.54. The second-order valence-electron chi connectivity index (χ2n) is 2.47. The zero-order chi connectivity index (χ0) is 6.85. The molecule has 50 valence electrons. The van der Waals surface area contributed by atoms with Crippen LogP contribution in [0.3, 0.4) is 0 Å². The molecule has 0 unspecified atom stereocenters. The van der Waals surface area contributed by atoms with Gasteiger partial charge in [-0.25, -0.2) is 0 Å². The van der Waals surface area contributed by atoms with Crippen LogP contribution in [0.4, 0.5) is 0 Å². The standard InChI is InChI=1S/C7H11NO/c1-3-5(2)6-4-7(9)8-6/h3,5-6H,1,4H2,2H3,(H,8,9)/t5-,6+/m1/s1. The Labute approximate surface area is 54.9 Å². The van der Waals surface area contributed by atoms with E-state index in [1.165, 1.54) is 0 Å². The summed E-state index contributed by atoms with van der Waals surface area (Å²) >= 11 is 0. The van der Waals surface area contributed by atoms with Crippen molar-refractivity contribution in [3.05, 3.63) is 12.7 Å². The molecular weight excluding hydrogens is 114 g/mol. The molecule has 0 saturated carbocycles. The lowest BCUT2D eigenvalue weighted by Gasteiger charge is -2.30. The smallest absolute Gasteiger partial charge is 0.222 e. The predicted octanol–water partition coefficient (Wildman–Crippen LogP) is 0.697. The maximum Gasteiger partial charge on any atom is 0.222 e. The van der Waals surface area contributed by atoms with Gasteiger partial charge < -0.3 is 5.32 Å². The number of carbonyl (C=O) groups is 1. The second-order valence-corrected chi connectivity index (χ2v) is 2.47. The predicted molar refractivity (Wildman–Crippen MR) is 35.9 cm³/mol. The Kier molecular flexibility index (Phi) is 1.56. The van der Waals surface area contributed by atoms with Crippen LogP contribution in [0.15, 0.2) is 12.7 Å². The zero-order valence-electron chi connectivity index (χ0n) is 5.55. The fraction of sp³-hybridized carbons (Fsp3) is 0.571. The van der Waals surface area contributed by atoms with Crippen LogP contribution < -0.4 is 5.32 Å². The highest BCUT2D eigenvalue weighted by Gasteiger charge is 2.28. The van der Waals surface area contributed by atoms with Gasteiger partial charge in [-0.15, -0.1) is 6.58 Å². The van der Waals surface area contributed by atoms with Gasteiger partial charge in [0.1, 0.15) is 0 Å². The molecule has 0 aliphatic carbocycles. The molecule has 1 N–H and O–H groups in total. The van der Waals surface area contributed by atoms with Crippen LogP contribution in [-0.4, -0.2) is 11.9 Å². The fourth-order valence-corrected chi connectivity index (χ4v) is 0.867. The molecule has 1 amide bonds. The third-order valence-electron chi connectivity index (χ3n) is 1.76. The van der Waals surface area contributed by atoms with Crippen LogP contribution in [-0.2, 0) is 4.79 Å². The zero-order valence-corrected chi connectivity index (χ0v) is 5.55. The maximum atomic E-state index is 10.4. The number of hydrogen-bond donors (Lipinski definition) is 1. The first kappa shape index (κ1) is 6.33. The highest BCUT2D eigenvalue weighted by molar-refractivity contribution is 5.82. The van der Waals surface area contributed by atoms with Gasteiger partial charge >= 0.3 is 0 Å². The molecule has 2 heteroatoms. The number of carbonyl (C=O) groups excluding carboxylic acids is 1. The summed E-state index contributed by atoms with van der Waals surface area (Å²) in [4.78, 5) is 10.4. The third kappa shape index (κ3) is 1.12. The molecular formula is C7H11NO. The molecule has 0 aromatic heterocycles. The highest BCUT2D eigenvalue weighted by atomic mass is 16.2. The molecule has 1 fully saturated rings. The summed E-state index contributed by atoms with van der Waals surface area (Å²) in [5.41, 5.74) is 0. The van der Waals surface area contributed by atoms with Gasteiger partial charge in [-0.2, -0.15) is 0 Å². The second kappa shape index (κ2) is 2.21. The molecule has 0 bridgehead atoms. The summed E-state index contributed by atoms with van der Waals surface area (Å²) < 4.78 is 0. The van der Waals surface area contributed by atoms with E-state index in [0.29, 0.717) is 18.4 Å². The summed E-state index contributed by atoms with van der Waals surface area (Å²) in [6.45, 7) is 5.69. The summed E-state index contributed by atoms with van der Waals surface area (Å²) in [7, 11) is 0. The van der Waals surface area contributed by atoms with Crippen molar-refractivity contribution in [2.24, 2.45) is 5.92 Å². The fourth-order valence-electron chi connectivity index (χ4n) is 0.867. The molecule has 1 heterocycles. The van der Waals surface area contributed by atoms with E-state index in [0.717, 1.165) is 0 Å². The van der Waals surface area contributed by atoms with Crippen molar-refractivity contribution in [1.82, 2.24) is 5.32 Å². The molecule has 0 aromatic rings. The number of rotatable bonds is 2. The van der Waals surface area contributed by atoms with Crippen molar-refractivity contribution in [3.8, 4) is 0 Å². The lowest BCUT2D eigenvalue weighted by Crippen LogP contribution is -2.51. The Morgan fingerprint density at radius 1 is 2.00 bits per heavy atom. The summed E-state index contributed by atoms with van der Waals surface area (Å²) in [5, 5.41) is 2.78. The molecule has 0 aromatic carbocycles. The minimum Gasteiger partial charge on any atom is -0.352 e. The average molecular weight is 125 g/mol. The maximum absolute atomic E-state index is 10.4. The number of hydrogen-bond acceptors (Lipinski definition) is 1. The van der Waals surface area contributed by atoms with E-state index in [2.05, 4.69) is 18.8 Å². The molecule has 1 rings (SSSR count). The Morgan fingerprint density at radius 2 is 2.56 bits per heavy atom. The first-order valence-electron chi connectivity index (χ1n) is 3.16. The van der Waals surface area contributed by atoms with Gasteiger partial charge in [0.25, 0.3) is 0 Å². The van der Waals surface area contributed by atoms with Crippen LogP contribution >= 0.6 is 0 Å². The van der Waals surface area contributed by atoms with Crippen molar-refractivity contribution >= 4 is 5.91 Å². The van der Waals surface area contributed by atoms with Crippen molar-refractivity contribution in [3.63, 3.8) is 0 Å². The van der Waals surface area contributed by atoms with E-state index in [-0.39, 0.29) is 5.91 Å². The van der Waals surface area contributed by atoms with Crippen LogP contribution in [0.2, 0.25) is 0 Å². The van der Waals surface area contributed by atoms with Crippen LogP contribution in [0.5, 0.6) is 0 Å². The van der Waals surface area contributed by atoms with Crippen molar-refractivity contribution in [2.75, 3.05) is 0 Å². The Morgan fingerprint density at radius 3 is 2.89 bits per heavy atom. The van der Waals surface area contributed by atoms with E-state index in [4.69, 9.17) is 0 Å². The van der Waals surface area contributed by atoms with Gasteiger partial charge in [0.2, 0.25) is 5.91 Å². The average Bonchev–Trinajstić information content (AvgIpc) is 1.79. The molecule has 9 heavy (non-hydrogen) atoms. The number of nitrogens with one attached hydrogen (secondary N) is 1. The van der Waals surface area contributed by atoms with Gasteiger partial charge in [-0.1, -0.05) is 13.0 Å². The van der Waals surface area contributed by atoms with Gasteiger partial charge in [0.15, 0.2) is 0 Å². The van der Waals surface area contributed by atoms with E-state index in [1.54, 1.807) is 0 Å². The lowest BCUT2D eigenvalue weighted by molar-refractivity contribution is -0.128. The number of amides is 1. The molecule has 1 aliphatic rings. The molecule has 2 nitrogen and oxygen atoms in total. The normalized spacial score (nSPS) is 28.1. The quantitative estimate of drug-likeness (QED) is 0.427. The Hall–Kier alpha value is -0.790.